The van der Waals surface area contributed by atoms with Gasteiger partial charge in [0, 0.05) is 24.5 Å². The molecule has 0 saturated carbocycles. The quantitative estimate of drug-likeness (QED) is 0.746. The van der Waals surface area contributed by atoms with Gasteiger partial charge in [0.2, 0.25) is 6.79 Å². The van der Waals surface area contributed by atoms with E-state index in [1.54, 1.807) is 0 Å². The monoisotopic (exact) mass is 416 g/mol. The first kappa shape index (κ1) is 19.4. The van der Waals surface area contributed by atoms with E-state index in [9.17, 15) is 9.59 Å². The van der Waals surface area contributed by atoms with Crippen LogP contribution in [0.1, 0.15) is 29.6 Å². The minimum Gasteiger partial charge on any atom is -0.454 e. The molecule has 0 radical (unpaired) electrons. The molecule has 29 heavy (non-hydrogen) atoms. The van der Waals surface area contributed by atoms with Gasteiger partial charge in [-0.2, -0.15) is 0 Å². The highest BCUT2D eigenvalue weighted by molar-refractivity contribution is 6.32. The maximum absolute atomic E-state index is 12.2. The van der Waals surface area contributed by atoms with E-state index in [1.165, 1.54) is 31.4 Å². The Bertz CT molecular complexity index is 910. The number of benzene rings is 2. The van der Waals surface area contributed by atoms with Gasteiger partial charge in [-0.05, 0) is 55.7 Å². The van der Waals surface area contributed by atoms with Crippen LogP contribution in [0.4, 0.5) is 11.4 Å². The van der Waals surface area contributed by atoms with Crippen LogP contribution in [0.5, 0.6) is 11.5 Å². The zero-order valence-corrected chi connectivity index (χ0v) is 16.5. The zero-order chi connectivity index (χ0) is 20.2. The molecule has 2 aliphatic heterocycles. The number of piperidine rings is 1. The lowest BCUT2D eigenvalue weighted by Crippen LogP contribution is -2.29. The summed E-state index contributed by atoms with van der Waals surface area (Å²) in [5.74, 6) is -0.312. The van der Waals surface area contributed by atoms with Crippen molar-refractivity contribution in [2.45, 2.75) is 19.3 Å². The maximum Gasteiger partial charge on any atom is 0.338 e. The molecule has 8 heteroatoms. The average Bonchev–Trinajstić information content (AvgIpc) is 3.22. The smallest absolute Gasteiger partial charge is 0.338 e. The number of carbonyl (C=O) groups excluding carboxylic acids is 2. The van der Waals surface area contributed by atoms with E-state index in [0.717, 1.165) is 18.8 Å². The van der Waals surface area contributed by atoms with E-state index < -0.39 is 18.5 Å². The van der Waals surface area contributed by atoms with Gasteiger partial charge in [0.15, 0.2) is 18.1 Å². The predicted molar refractivity (Wildman–Crippen MR) is 109 cm³/mol. The molecule has 2 aliphatic rings. The minimum absolute atomic E-state index is 0.0481. The fourth-order valence-electron chi connectivity index (χ4n) is 3.40. The Labute approximate surface area is 173 Å². The van der Waals surface area contributed by atoms with Crippen molar-refractivity contribution in [3.63, 3.8) is 0 Å². The van der Waals surface area contributed by atoms with Crippen LogP contribution in [0.2, 0.25) is 5.02 Å². The van der Waals surface area contributed by atoms with Gasteiger partial charge in [-0.3, -0.25) is 4.79 Å². The van der Waals surface area contributed by atoms with Crippen LogP contribution >= 0.6 is 11.6 Å². The van der Waals surface area contributed by atoms with Crippen molar-refractivity contribution < 1.29 is 23.8 Å². The molecule has 0 aliphatic carbocycles. The Morgan fingerprint density at radius 2 is 1.83 bits per heavy atom. The van der Waals surface area contributed by atoms with Crippen molar-refractivity contribution in [3.05, 3.63) is 47.0 Å². The Morgan fingerprint density at radius 3 is 2.59 bits per heavy atom. The van der Waals surface area contributed by atoms with Crippen molar-refractivity contribution in [2.24, 2.45) is 0 Å². The van der Waals surface area contributed by atoms with Crippen LogP contribution in [-0.2, 0) is 9.53 Å². The number of fused-ring (bicyclic) bond motifs is 1. The van der Waals surface area contributed by atoms with Crippen LogP contribution in [0, 0.1) is 0 Å². The molecule has 1 amide bonds. The molecule has 1 N–H and O–H groups in total. The summed E-state index contributed by atoms with van der Waals surface area (Å²) in [5, 5.41) is 2.98. The number of hydrogen-bond donors (Lipinski definition) is 1. The van der Waals surface area contributed by atoms with E-state index in [1.807, 2.05) is 24.3 Å². The second-order valence-corrected chi connectivity index (χ2v) is 7.32. The fraction of sp³-hybridized carbons (Fsp3) is 0.333. The number of amides is 1. The summed E-state index contributed by atoms with van der Waals surface area (Å²) in [6.45, 7) is 1.77. The van der Waals surface area contributed by atoms with E-state index in [-0.39, 0.29) is 17.4 Å². The van der Waals surface area contributed by atoms with Gasteiger partial charge in [-0.15, -0.1) is 0 Å². The van der Waals surface area contributed by atoms with Crippen molar-refractivity contribution >= 4 is 34.9 Å². The molecule has 0 aromatic heterocycles. The average molecular weight is 417 g/mol. The number of halogens is 1. The highest BCUT2D eigenvalue weighted by Crippen LogP contribution is 2.39. The Hall–Kier alpha value is -2.93. The Kier molecular flexibility index (Phi) is 5.76. The molecule has 1 fully saturated rings. The summed E-state index contributed by atoms with van der Waals surface area (Å²) in [6, 6.07) is 10.6. The standard InChI is InChI=1S/C21H21ClN2O5/c22-17-10-14(11-18-20(17)29-13-28-18)21(26)27-12-19(25)23-15-4-6-16(7-5-15)24-8-2-1-3-9-24/h4-7,10-11H,1-3,8-9,12-13H2,(H,23,25). The van der Waals surface area contributed by atoms with Crippen molar-refractivity contribution in [1.82, 2.24) is 0 Å². The minimum atomic E-state index is -0.666. The lowest BCUT2D eigenvalue weighted by molar-refractivity contribution is -0.119. The maximum atomic E-state index is 12.2. The summed E-state index contributed by atoms with van der Waals surface area (Å²) < 4.78 is 15.5. The third-order valence-corrected chi connectivity index (χ3v) is 5.15. The molecule has 0 bridgehead atoms. The molecule has 1 saturated heterocycles. The largest absolute Gasteiger partial charge is 0.454 e. The van der Waals surface area contributed by atoms with Crippen LogP contribution in [0.15, 0.2) is 36.4 Å². The highest BCUT2D eigenvalue weighted by atomic mass is 35.5. The van der Waals surface area contributed by atoms with E-state index >= 15 is 0 Å². The Morgan fingerprint density at radius 1 is 1.07 bits per heavy atom. The molecule has 0 unspecified atom stereocenters. The number of rotatable bonds is 5. The second-order valence-electron chi connectivity index (χ2n) is 6.91. The molecule has 152 valence electrons. The molecular weight excluding hydrogens is 396 g/mol. The third kappa shape index (κ3) is 4.56. The number of carbonyl (C=O) groups is 2. The van der Waals surface area contributed by atoms with Gasteiger partial charge in [-0.25, -0.2) is 4.79 Å². The predicted octanol–water partition coefficient (Wildman–Crippen LogP) is 3.85. The lowest BCUT2D eigenvalue weighted by Gasteiger charge is -2.28. The summed E-state index contributed by atoms with van der Waals surface area (Å²) in [7, 11) is 0. The fourth-order valence-corrected chi connectivity index (χ4v) is 3.67. The summed E-state index contributed by atoms with van der Waals surface area (Å²) >= 11 is 6.06. The molecule has 4 rings (SSSR count). The molecule has 7 nitrogen and oxygen atoms in total. The first-order chi connectivity index (χ1) is 14.1. The third-order valence-electron chi connectivity index (χ3n) is 4.87. The number of esters is 1. The molecule has 2 aromatic rings. The van der Waals surface area contributed by atoms with E-state index in [2.05, 4.69) is 10.2 Å². The first-order valence-corrected chi connectivity index (χ1v) is 9.89. The molecule has 0 atom stereocenters. The highest BCUT2D eigenvalue weighted by Gasteiger charge is 2.21. The number of hydrogen-bond acceptors (Lipinski definition) is 6. The molecule has 0 spiro atoms. The second kappa shape index (κ2) is 8.61. The van der Waals surface area contributed by atoms with Gasteiger partial charge in [0.1, 0.15) is 0 Å². The Balaban J connectivity index is 1.30. The van der Waals surface area contributed by atoms with Crippen molar-refractivity contribution in [3.8, 4) is 11.5 Å². The number of ether oxygens (including phenoxy) is 3. The SMILES string of the molecule is O=C(COC(=O)c1cc(Cl)c2c(c1)OCO2)Nc1ccc(N2CCCCC2)cc1. The molecule has 2 aromatic carbocycles. The summed E-state index contributed by atoms with van der Waals surface area (Å²) in [6.07, 6.45) is 3.69. The van der Waals surface area contributed by atoms with Crippen LogP contribution in [-0.4, -0.2) is 38.4 Å². The van der Waals surface area contributed by atoms with Gasteiger partial charge < -0.3 is 24.4 Å². The van der Waals surface area contributed by atoms with Crippen LogP contribution < -0.4 is 19.7 Å². The van der Waals surface area contributed by atoms with E-state index in [0.29, 0.717) is 17.2 Å². The van der Waals surface area contributed by atoms with Crippen LogP contribution in [0.3, 0.4) is 0 Å². The number of anilines is 2. The molecular formula is C21H21ClN2O5. The number of nitrogens with zero attached hydrogens (tertiary/aromatic N) is 1. The summed E-state index contributed by atoms with van der Waals surface area (Å²) in [4.78, 5) is 26.7. The van der Waals surface area contributed by atoms with Crippen molar-refractivity contribution in [1.29, 1.82) is 0 Å². The van der Waals surface area contributed by atoms with E-state index in [4.69, 9.17) is 25.8 Å². The van der Waals surface area contributed by atoms with Gasteiger partial charge in [0.05, 0.1) is 10.6 Å². The topological polar surface area (TPSA) is 77.1 Å². The number of nitrogens with one attached hydrogen (secondary N) is 1. The summed E-state index contributed by atoms with van der Waals surface area (Å²) in [5.41, 5.74) is 1.99. The zero-order valence-electron chi connectivity index (χ0n) is 15.8. The normalized spacial score (nSPS) is 15.1. The van der Waals surface area contributed by atoms with Gasteiger partial charge in [-0.1, -0.05) is 11.6 Å². The van der Waals surface area contributed by atoms with Gasteiger partial charge >= 0.3 is 5.97 Å². The van der Waals surface area contributed by atoms with Crippen LogP contribution in [0.25, 0.3) is 0 Å². The molecule has 2 heterocycles. The van der Waals surface area contributed by atoms with Gasteiger partial charge in [0.25, 0.3) is 5.91 Å². The van der Waals surface area contributed by atoms with Crippen molar-refractivity contribution in [2.75, 3.05) is 36.7 Å². The lowest BCUT2D eigenvalue weighted by atomic mass is 10.1. The first-order valence-electron chi connectivity index (χ1n) is 9.51.